The molecule has 2 aliphatic rings. The van der Waals surface area contributed by atoms with Crippen LogP contribution in [0.25, 0.3) is 0 Å². The molecule has 0 aromatic heterocycles. The normalized spacial score (nSPS) is 18.8. The highest BCUT2D eigenvalue weighted by molar-refractivity contribution is 6.04. The highest BCUT2D eigenvalue weighted by Gasteiger charge is 2.20. The van der Waals surface area contributed by atoms with Crippen LogP contribution in [0.1, 0.15) is 41.6 Å². The van der Waals surface area contributed by atoms with Gasteiger partial charge in [0.1, 0.15) is 12.4 Å². The van der Waals surface area contributed by atoms with Gasteiger partial charge in [0.25, 0.3) is 5.91 Å². The number of carbonyl (C=O) groups is 2. The van der Waals surface area contributed by atoms with Crippen molar-refractivity contribution in [2.24, 2.45) is 0 Å². The largest absolute Gasteiger partial charge is 0.491 e. The predicted molar refractivity (Wildman–Crippen MR) is 110 cm³/mol. The van der Waals surface area contributed by atoms with Crippen molar-refractivity contribution in [2.75, 3.05) is 25.1 Å². The number of hydrogen-bond acceptors (Lipinski definition) is 4. The Bertz CT molecular complexity index is 859. The van der Waals surface area contributed by atoms with Gasteiger partial charge in [-0.25, -0.2) is 0 Å². The lowest BCUT2D eigenvalue weighted by Gasteiger charge is -2.15. The zero-order valence-electron chi connectivity index (χ0n) is 16.4. The average Bonchev–Trinajstić information content (AvgIpc) is 3.39. The molecule has 2 aromatic carbocycles. The van der Waals surface area contributed by atoms with Crippen LogP contribution in [0.4, 0.5) is 5.69 Å². The summed E-state index contributed by atoms with van der Waals surface area (Å²) in [7, 11) is 0. The molecule has 1 N–H and O–H groups in total. The van der Waals surface area contributed by atoms with Crippen molar-refractivity contribution in [3.63, 3.8) is 0 Å². The summed E-state index contributed by atoms with van der Waals surface area (Å²) in [5, 5.41) is 2.91. The second-order valence-electron chi connectivity index (χ2n) is 7.54. The number of carbonyl (C=O) groups excluding carboxylic acids is 2. The molecule has 0 aliphatic carbocycles. The number of nitrogens with zero attached hydrogens (tertiary/aromatic N) is 1. The summed E-state index contributed by atoms with van der Waals surface area (Å²) in [5.74, 6) is 0.738. The van der Waals surface area contributed by atoms with Gasteiger partial charge >= 0.3 is 0 Å². The number of ether oxygens (including phenoxy) is 2. The van der Waals surface area contributed by atoms with Crippen molar-refractivity contribution >= 4 is 17.5 Å². The molecule has 4 rings (SSSR count). The van der Waals surface area contributed by atoms with E-state index in [1.54, 1.807) is 12.1 Å². The monoisotopic (exact) mass is 394 g/mol. The maximum absolute atomic E-state index is 12.6. The molecule has 1 unspecified atom stereocenters. The Morgan fingerprint density at radius 3 is 2.76 bits per heavy atom. The molecular weight excluding hydrogens is 368 g/mol. The fourth-order valence-corrected chi connectivity index (χ4v) is 3.68. The SMILES string of the molecule is O=C(Nc1cccc(OCC2CCCO2)c1)c1ccc(CN2CCCC2=O)cc1. The van der Waals surface area contributed by atoms with Crippen LogP contribution >= 0.6 is 0 Å². The first-order valence-corrected chi connectivity index (χ1v) is 10.2. The molecule has 29 heavy (non-hydrogen) atoms. The average molecular weight is 394 g/mol. The van der Waals surface area contributed by atoms with Gasteiger partial charge in [-0.15, -0.1) is 0 Å². The minimum atomic E-state index is -0.176. The van der Waals surface area contributed by atoms with Crippen LogP contribution in [0.2, 0.25) is 0 Å². The topological polar surface area (TPSA) is 67.9 Å². The van der Waals surface area contributed by atoms with E-state index < -0.39 is 0 Å². The van der Waals surface area contributed by atoms with E-state index >= 15 is 0 Å². The Balaban J connectivity index is 1.32. The number of nitrogens with one attached hydrogen (secondary N) is 1. The van der Waals surface area contributed by atoms with Crippen LogP contribution in [0.3, 0.4) is 0 Å². The molecule has 2 heterocycles. The first-order valence-electron chi connectivity index (χ1n) is 10.2. The maximum Gasteiger partial charge on any atom is 0.255 e. The molecule has 6 heteroatoms. The third kappa shape index (κ3) is 5.15. The molecule has 1 atom stereocenters. The van der Waals surface area contributed by atoms with E-state index in [4.69, 9.17) is 9.47 Å². The molecule has 2 fully saturated rings. The molecular formula is C23H26N2O4. The minimum absolute atomic E-state index is 0.155. The number of amides is 2. The number of hydrogen-bond donors (Lipinski definition) is 1. The highest BCUT2D eigenvalue weighted by atomic mass is 16.5. The van der Waals surface area contributed by atoms with Crippen LogP contribution in [0, 0.1) is 0 Å². The Morgan fingerprint density at radius 2 is 2.03 bits per heavy atom. The van der Waals surface area contributed by atoms with Crippen LogP contribution < -0.4 is 10.1 Å². The number of rotatable bonds is 7. The van der Waals surface area contributed by atoms with E-state index in [1.165, 1.54) is 0 Å². The number of likely N-dealkylation sites (tertiary alicyclic amines) is 1. The summed E-state index contributed by atoms with van der Waals surface area (Å²) in [6.45, 7) is 2.74. The Morgan fingerprint density at radius 1 is 1.17 bits per heavy atom. The van der Waals surface area contributed by atoms with E-state index in [0.717, 1.165) is 38.0 Å². The van der Waals surface area contributed by atoms with E-state index in [9.17, 15) is 9.59 Å². The van der Waals surface area contributed by atoms with Crippen molar-refractivity contribution in [1.82, 2.24) is 4.90 Å². The summed E-state index contributed by atoms with van der Waals surface area (Å²) in [6.07, 6.45) is 3.82. The van der Waals surface area contributed by atoms with E-state index in [1.807, 2.05) is 41.3 Å². The lowest BCUT2D eigenvalue weighted by atomic mass is 10.1. The van der Waals surface area contributed by atoms with Gasteiger partial charge in [0.2, 0.25) is 5.91 Å². The van der Waals surface area contributed by atoms with Gasteiger partial charge in [-0.2, -0.15) is 0 Å². The Hall–Kier alpha value is -2.86. The molecule has 152 valence electrons. The van der Waals surface area contributed by atoms with Gasteiger partial charge in [-0.1, -0.05) is 18.2 Å². The third-order valence-electron chi connectivity index (χ3n) is 5.31. The molecule has 0 radical (unpaired) electrons. The fraction of sp³-hybridized carbons (Fsp3) is 0.391. The van der Waals surface area contributed by atoms with Crippen molar-refractivity contribution in [1.29, 1.82) is 0 Å². The maximum atomic E-state index is 12.6. The second-order valence-corrected chi connectivity index (χ2v) is 7.54. The number of benzene rings is 2. The Labute approximate surface area is 170 Å². The van der Waals surface area contributed by atoms with Crippen molar-refractivity contribution in [3.8, 4) is 5.75 Å². The first kappa shape index (κ1) is 19.5. The van der Waals surface area contributed by atoms with Gasteiger partial charge in [-0.3, -0.25) is 9.59 Å². The van der Waals surface area contributed by atoms with Crippen molar-refractivity contribution < 1.29 is 19.1 Å². The quantitative estimate of drug-likeness (QED) is 0.779. The molecule has 0 bridgehead atoms. The predicted octanol–water partition coefficient (Wildman–Crippen LogP) is 3.62. The summed E-state index contributed by atoms with van der Waals surface area (Å²) < 4.78 is 11.4. The third-order valence-corrected chi connectivity index (χ3v) is 5.31. The lowest BCUT2D eigenvalue weighted by molar-refractivity contribution is -0.128. The summed E-state index contributed by atoms with van der Waals surface area (Å²) in [6, 6.07) is 14.8. The van der Waals surface area contributed by atoms with Crippen LogP contribution in [-0.4, -0.2) is 42.6 Å². The summed E-state index contributed by atoms with van der Waals surface area (Å²) in [4.78, 5) is 26.2. The summed E-state index contributed by atoms with van der Waals surface area (Å²) in [5.41, 5.74) is 2.29. The van der Waals surface area contributed by atoms with Crippen molar-refractivity contribution in [3.05, 3.63) is 59.7 Å². The van der Waals surface area contributed by atoms with Gasteiger partial charge in [0, 0.05) is 43.4 Å². The fourth-order valence-electron chi connectivity index (χ4n) is 3.68. The van der Waals surface area contributed by atoms with E-state index in [-0.39, 0.29) is 17.9 Å². The minimum Gasteiger partial charge on any atom is -0.491 e. The van der Waals surface area contributed by atoms with Crippen LogP contribution in [0.15, 0.2) is 48.5 Å². The van der Waals surface area contributed by atoms with Gasteiger partial charge in [0.15, 0.2) is 0 Å². The molecule has 2 aromatic rings. The molecule has 2 aliphatic heterocycles. The smallest absolute Gasteiger partial charge is 0.255 e. The molecule has 2 amide bonds. The van der Waals surface area contributed by atoms with E-state index in [2.05, 4.69) is 5.32 Å². The molecule has 0 spiro atoms. The zero-order chi connectivity index (χ0) is 20.1. The van der Waals surface area contributed by atoms with Gasteiger partial charge in [-0.05, 0) is 49.1 Å². The van der Waals surface area contributed by atoms with Crippen molar-refractivity contribution in [2.45, 2.75) is 38.3 Å². The highest BCUT2D eigenvalue weighted by Crippen LogP contribution is 2.21. The molecule has 6 nitrogen and oxygen atoms in total. The second kappa shape index (κ2) is 9.09. The van der Waals surface area contributed by atoms with Crippen LogP contribution in [0.5, 0.6) is 5.75 Å². The number of anilines is 1. The van der Waals surface area contributed by atoms with Gasteiger partial charge < -0.3 is 19.7 Å². The Kier molecular flexibility index (Phi) is 6.10. The van der Waals surface area contributed by atoms with Crippen LogP contribution in [-0.2, 0) is 16.1 Å². The zero-order valence-corrected chi connectivity index (χ0v) is 16.4. The summed E-state index contributed by atoms with van der Waals surface area (Å²) >= 11 is 0. The first-order chi connectivity index (χ1) is 14.2. The van der Waals surface area contributed by atoms with E-state index in [0.29, 0.717) is 36.6 Å². The molecule has 0 saturated carbocycles. The van der Waals surface area contributed by atoms with Gasteiger partial charge in [0.05, 0.1) is 6.10 Å². The standard InChI is InChI=1S/C23H26N2O4/c26-22-7-2-12-25(22)15-17-8-10-18(11-9-17)23(27)24-19-4-1-5-20(14-19)29-16-21-6-3-13-28-21/h1,4-5,8-11,14,21H,2-3,6-7,12-13,15-16H2,(H,24,27). The lowest BCUT2D eigenvalue weighted by Crippen LogP contribution is -2.23. The molecule has 2 saturated heterocycles.